The van der Waals surface area contributed by atoms with Crippen LogP contribution in [0.2, 0.25) is 0 Å². The summed E-state index contributed by atoms with van der Waals surface area (Å²) >= 11 is 0. The molecule has 0 saturated carbocycles. The largest absolute Gasteiger partial charge is 0.478 e. The van der Waals surface area contributed by atoms with Crippen molar-refractivity contribution in [3.05, 3.63) is 35.5 Å². The van der Waals surface area contributed by atoms with E-state index in [1.54, 1.807) is 12.3 Å². The summed E-state index contributed by atoms with van der Waals surface area (Å²) < 4.78 is 24.8. The van der Waals surface area contributed by atoms with Crippen molar-refractivity contribution in [2.45, 2.75) is 19.2 Å². The highest BCUT2D eigenvalue weighted by Crippen LogP contribution is 2.24. The average molecular weight is 281 g/mol. The van der Waals surface area contributed by atoms with E-state index in [1.807, 2.05) is 11.5 Å². The summed E-state index contributed by atoms with van der Waals surface area (Å²) in [5.41, 5.74) is 1.66. The minimum Gasteiger partial charge on any atom is -0.478 e. The van der Waals surface area contributed by atoms with E-state index in [2.05, 4.69) is 0 Å². The summed E-state index contributed by atoms with van der Waals surface area (Å²) in [7, 11) is -3.16. The molecule has 1 N–H and O–H groups in total. The van der Waals surface area contributed by atoms with E-state index in [9.17, 15) is 13.2 Å². The molecule has 0 bridgehead atoms. The van der Waals surface area contributed by atoms with E-state index >= 15 is 0 Å². The first-order chi connectivity index (χ1) is 8.81. The van der Waals surface area contributed by atoms with Gasteiger partial charge in [0.15, 0.2) is 9.84 Å². The summed E-state index contributed by atoms with van der Waals surface area (Å²) in [4.78, 5) is 11.0. The van der Waals surface area contributed by atoms with Crippen LogP contribution in [0.3, 0.4) is 0 Å². The van der Waals surface area contributed by atoms with Crippen molar-refractivity contribution in [2.24, 2.45) is 0 Å². The molecule has 0 atom stereocenters. The van der Waals surface area contributed by atoms with Gasteiger partial charge in [0.25, 0.3) is 0 Å². The van der Waals surface area contributed by atoms with Crippen LogP contribution in [-0.4, -0.2) is 30.3 Å². The molecule has 0 saturated heterocycles. The first-order valence-electron chi connectivity index (χ1n) is 5.84. The third kappa shape index (κ3) is 2.78. The quantitative estimate of drug-likeness (QED) is 0.928. The number of carboxylic acids is 1. The maximum atomic E-state index is 11.4. The molecule has 0 aliphatic heterocycles. The van der Waals surface area contributed by atoms with E-state index in [0.29, 0.717) is 17.5 Å². The first kappa shape index (κ1) is 13.6. The van der Waals surface area contributed by atoms with Crippen LogP contribution >= 0.6 is 0 Å². The molecule has 0 spiro atoms. The highest BCUT2D eigenvalue weighted by molar-refractivity contribution is 7.89. The molecule has 0 aliphatic rings. The third-order valence-electron chi connectivity index (χ3n) is 2.97. The van der Waals surface area contributed by atoms with Crippen LogP contribution in [0.25, 0.3) is 10.9 Å². The standard InChI is InChI=1S/C13H15NO4S/c1-3-14-7-10(8-19(2,17)18)11-6-9(13(15)16)4-5-12(11)14/h4-7H,3,8H2,1-2H3,(H,15,16). The Labute approximate surface area is 111 Å². The number of rotatable bonds is 4. The SMILES string of the molecule is CCn1cc(CS(C)(=O)=O)c2cc(C(=O)O)ccc21. The number of aromatic nitrogens is 1. The van der Waals surface area contributed by atoms with Crippen LogP contribution in [-0.2, 0) is 22.1 Å². The van der Waals surface area contributed by atoms with Gasteiger partial charge in [-0.1, -0.05) is 0 Å². The van der Waals surface area contributed by atoms with Crippen LogP contribution in [0.15, 0.2) is 24.4 Å². The van der Waals surface area contributed by atoms with Gasteiger partial charge < -0.3 is 9.67 Å². The van der Waals surface area contributed by atoms with Gasteiger partial charge in [-0.3, -0.25) is 0 Å². The number of carbonyl (C=O) groups is 1. The second kappa shape index (κ2) is 4.70. The van der Waals surface area contributed by atoms with Crippen molar-refractivity contribution < 1.29 is 18.3 Å². The lowest BCUT2D eigenvalue weighted by atomic mass is 10.1. The molecule has 0 amide bonds. The van der Waals surface area contributed by atoms with E-state index < -0.39 is 15.8 Å². The van der Waals surface area contributed by atoms with Gasteiger partial charge in [-0.2, -0.15) is 0 Å². The summed E-state index contributed by atoms with van der Waals surface area (Å²) in [6, 6.07) is 4.78. The number of benzene rings is 1. The zero-order chi connectivity index (χ0) is 14.2. The van der Waals surface area contributed by atoms with Crippen LogP contribution < -0.4 is 0 Å². The fraction of sp³-hybridized carbons (Fsp3) is 0.308. The lowest BCUT2D eigenvalue weighted by Gasteiger charge is -2.01. The van der Waals surface area contributed by atoms with Gasteiger partial charge in [0.2, 0.25) is 0 Å². The van der Waals surface area contributed by atoms with Crippen molar-refractivity contribution in [1.82, 2.24) is 4.57 Å². The summed E-state index contributed by atoms with van der Waals surface area (Å²) in [6.07, 6.45) is 2.94. The number of carboxylic acid groups (broad SMARTS) is 1. The van der Waals surface area contributed by atoms with E-state index in [4.69, 9.17) is 5.11 Å². The fourth-order valence-corrected chi connectivity index (χ4v) is 2.96. The van der Waals surface area contributed by atoms with Gasteiger partial charge in [0, 0.05) is 29.9 Å². The van der Waals surface area contributed by atoms with Crippen molar-refractivity contribution in [2.75, 3.05) is 6.26 Å². The van der Waals surface area contributed by atoms with Crippen molar-refractivity contribution in [3.8, 4) is 0 Å². The number of hydrogen-bond donors (Lipinski definition) is 1. The Morgan fingerprint density at radius 3 is 2.58 bits per heavy atom. The Balaban J connectivity index is 2.68. The molecule has 2 rings (SSSR count). The molecule has 1 heterocycles. The Morgan fingerprint density at radius 1 is 1.37 bits per heavy atom. The highest BCUT2D eigenvalue weighted by Gasteiger charge is 2.14. The molecule has 1 aromatic heterocycles. The van der Waals surface area contributed by atoms with Crippen LogP contribution in [0, 0.1) is 0 Å². The molecule has 0 fully saturated rings. The van der Waals surface area contributed by atoms with Crippen LogP contribution in [0.4, 0.5) is 0 Å². The van der Waals surface area contributed by atoms with E-state index in [-0.39, 0.29) is 11.3 Å². The molecule has 0 unspecified atom stereocenters. The number of sulfone groups is 1. The lowest BCUT2D eigenvalue weighted by molar-refractivity contribution is 0.0697. The second-order valence-corrected chi connectivity index (χ2v) is 6.69. The zero-order valence-electron chi connectivity index (χ0n) is 10.8. The van der Waals surface area contributed by atoms with Gasteiger partial charge in [-0.05, 0) is 30.7 Å². The third-order valence-corrected chi connectivity index (χ3v) is 3.80. The molecule has 0 aliphatic carbocycles. The van der Waals surface area contributed by atoms with Gasteiger partial charge in [0.05, 0.1) is 11.3 Å². The van der Waals surface area contributed by atoms with Gasteiger partial charge in [0.1, 0.15) is 0 Å². The number of aromatic carboxylic acids is 1. The monoisotopic (exact) mass is 281 g/mol. The zero-order valence-corrected chi connectivity index (χ0v) is 11.6. The second-order valence-electron chi connectivity index (χ2n) is 4.55. The lowest BCUT2D eigenvalue weighted by Crippen LogP contribution is -2.00. The number of aryl methyl sites for hydroxylation is 1. The highest BCUT2D eigenvalue weighted by atomic mass is 32.2. The molecular formula is C13H15NO4S. The summed E-state index contributed by atoms with van der Waals surface area (Å²) in [6.45, 7) is 2.65. The van der Waals surface area contributed by atoms with Gasteiger partial charge >= 0.3 is 5.97 Å². The number of fused-ring (bicyclic) bond motifs is 1. The van der Waals surface area contributed by atoms with Crippen molar-refractivity contribution >= 4 is 26.7 Å². The van der Waals surface area contributed by atoms with Gasteiger partial charge in [-0.15, -0.1) is 0 Å². The maximum absolute atomic E-state index is 11.4. The molecule has 102 valence electrons. The summed E-state index contributed by atoms with van der Waals surface area (Å²) in [5, 5.41) is 9.69. The fourth-order valence-electron chi connectivity index (χ4n) is 2.16. The summed E-state index contributed by atoms with van der Waals surface area (Å²) in [5.74, 6) is -1.10. The molecule has 1 aromatic carbocycles. The Kier molecular flexibility index (Phi) is 3.36. The maximum Gasteiger partial charge on any atom is 0.335 e. The topological polar surface area (TPSA) is 76.4 Å². The van der Waals surface area contributed by atoms with E-state index in [0.717, 1.165) is 5.52 Å². The molecule has 2 aromatic rings. The van der Waals surface area contributed by atoms with Gasteiger partial charge in [-0.25, -0.2) is 13.2 Å². The number of nitrogens with zero attached hydrogens (tertiary/aromatic N) is 1. The minimum absolute atomic E-state index is 0.0838. The van der Waals surface area contributed by atoms with Crippen LogP contribution in [0.5, 0.6) is 0 Å². The first-order valence-corrected chi connectivity index (χ1v) is 7.90. The van der Waals surface area contributed by atoms with E-state index in [1.165, 1.54) is 18.4 Å². The number of hydrogen-bond acceptors (Lipinski definition) is 3. The van der Waals surface area contributed by atoms with Crippen molar-refractivity contribution in [1.29, 1.82) is 0 Å². The predicted molar refractivity (Wildman–Crippen MR) is 73.1 cm³/mol. The predicted octanol–water partition coefficient (Wildman–Crippen LogP) is 1.90. The molecule has 6 heteroatoms. The Morgan fingerprint density at radius 2 is 2.05 bits per heavy atom. The Hall–Kier alpha value is -1.82. The molecule has 19 heavy (non-hydrogen) atoms. The average Bonchev–Trinajstić information content (AvgIpc) is 2.64. The smallest absolute Gasteiger partial charge is 0.335 e. The molecular weight excluding hydrogens is 266 g/mol. The Bertz CT molecular complexity index is 743. The van der Waals surface area contributed by atoms with Crippen LogP contribution in [0.1, 0.15) is 22.8 Å². The molecule has 0 radical (unpaired) electrons. The molecule has 5 nitrogen and oxygen atoms in total. The van der Waals surface area contributed by atoms with Crippen molar-refractivity contribution in [3.63, 3.8) is 0 Å². The minimum atomic E-state index is -3.16. The normalized spacial score (nSPS) is 11.9.